The molecule has 2 aliphatic rings. The number of amides is 1. The van der Waals surface area contributed by atoms with E-state index in [0.717, 1.165) is 18.4 Å². The van der Waals surface area contributed by atoms with Crippen molar-refractivity contribution in [2.45, 2.75) is 31.9 Å². The molecule has 1 saturated heterocycles. The van der Waals surface area contributed by atoms with Gasteiger partial charge in [-0.05, 0) is 37.8 Å². The normalized spacial score (nSPS) is 25.6. The number of carbonyl (C=O) groups excluding carboxylic acids is 1. The van der Waals surface area contributed by atoms with Crippen LogP contribution in [-0.4, -0.2) is 47.7 Å². The number of hydrogen-bond acceptors (Lipinski definition) is 5. The summed E-state index contributed by atoms with van der Waals surface area (Å²) in [7, 11) is 0. The molecule has 0 N–H and O–H groups in total. The molecule has 25 heavy (non-hydrogen) atoms. The summed E-state index contributed by atoms with van der Waals surface area (Å²) in [6.45, 7) is 3.66. The third-order valence-electron chi connectivity index (χ3n) is 5.06. The Kier molecular flexibility index (Phi) is 4.44. The number of aromatic nitrogens is 1. The van der Waals surface area contributed by atoms with E-state index in [-0.39, 0.29) is 18.1 Å². The standard InChI is InChI=1S/C19H22N2O4/c1-13-5-8-24-18(13)19(22)21-7-9-23-16-11-14(10-15(16)21)12-25-17-4-2-3-6-20-17/h2-6,8,14-16H,7,9-12H2,1H3/t14-,15+,16-/m1/s1. The number of furan rings is 1. The molecule has 3 atom stereocenters. The van der Waals surface area contributed by atoms with Crippen LogP contribution in [0.3, 0.4) is 0 Å². The molecule has 2 aromatic heterocycles. The smallest absolute Gasteiger partial charge is 0.290 e. The topological polar surface area (TPSA) is 64.8 Å². The van der Waals surface area contributed by atoms with E-state index in [0.29, 0.717) is 37.3 Å². The molecule has 0 unspecified atom stereocenters. The summed E-state index contributed by atoms with van der Waals surface area (Å²) in [5, 5.41) is 0. The zero-order chi connectivity index (χ0) is 17.2. The molecular weight excluding hydrogens is 320 g/mol. The minimum Gasteiger partial charge on any atom is -0.477 e. The van der Waals surface area contributed by atoms with Crippen molar-refractivity contribution in [3.05, 3.63) is 48.0 Å². The Bertz CT molecular complexity index is 730. The second-order valence-corrected chi connectivity index (χ2v) is 6.72. The average molecular weight is 342 g/mol. The molecule has 2 fully saturated rings. The summed E-state index contributed by atoms with van der Waals surface area (Å²) in [6, 6.07) is 7.54. The lowest BCUT2D eigenvalue weighted by molar-refractivity contribution is -0.0457. The van der Waals surface area contributed by atoms with Crippen LogP contribution in [-0.2, 0) is 4.74 Å². The van der Waals surface area contributed by atoms with Gasteiger partial charge in [-0.25, -0.2) is 4.98 Å². The zero-order valence-corrected chi connectivity index (χ0v) is 14.3. The molecule has 1 aliphatic heterocycles. The van der Waals surface area contributed by atoms with Gasteiger partial charge in [0, 0.05) is 24.4 Å². The molecular formula is C19H22N2O4. The summed E-state index contributed by atoms with van der Waals surface area (Å²) in [4.78, 5) is 18.9. The minimum absolute atomic E-state index is 0.0351. The number of hydrogen-bond donors (Lipinski definition) is 0. The van der Waals surface area contributed by atoms with Crippen LogP contribution in [0.2, 0.25) is 0 Å². The van der Waals surface area contributed by atoms with Crippen molar-refractivity contribution < 1.29 is 18.7 Å². The van der Waals surface area contributed by atoms with Gasteiger partial charge in [0.05, 0.1) is 31.6 Å². The average Bonchev–Trinajstić information content (AvgIpc) is 3.25. The van der Waals surface area contributed by atoms with Gasteiger partial charge < -0.3 is 18.8 Å². The van der Waals surface area contributed by atoms with Gasteiger partial charge in [0.1, 0.15) is 0 Å². The van der Waals surface area contributed by atoms with Gasteiger partial charge >= 0.3 is 0 Å². The van der Waals surface area contributed by atoms with Crippen molar-refractivity contribution in [3.8, 4) is 5.88 Å². The third kappa shape index (κ3) is 3.26. The van der Waals surface area contributed by atoms with E-state index in [4.69, 9.17) is 13.9 Å². The van der Waals surface area contributed by atoms with E-state index in [1.807, 2.05) is 36.1 Å². The van der Waals surface area contributed by atoms with Crippen molar-refractivity contribution in [1.82, 2.24) is 9.88 Å². The van der Waals surface area contributed by atoms with Crippen LogP contribution in [0.15, 0.2) is 41.1 Å². The Morgan fingerprint density at radius 1 is 1.36 bits per heavy atom. The SMILES string of the molecule is Cc1ccoc1C(=O)N1CCO[C@@H]2C[C@H](COc3ccccn3)C[C@@H]21. The van der Waals surface area contributed by atoms with Crippen LogP contribution in [0.4, 0.5) is 0 Å². The first-order chi connectivity index (χ1) is 12.2. The van der Waals surface area contributed by atoms with Crippen molar-refractivity contribution in [3.63, 3.8) is 0 Å². The number of ether oxygens (including phenoxy) is 2. The highest BCUT2D eigenvalue weighted by Gasteiger charge is 2.43. The summed E-state index contributed by atoms with van der Waals surface area (Å²) >= 11 is 0. The molecule has 1 aliphatic carbocycles. The number of aryl methyl sites for hydroxylation is 1. The first-order valence-corrected chi connectivity index (χ1v) is 8.73. The van der Waals surface area contributed by atoms with Gasteiger partial charge in [-0.3, -0.25) is 4.79 Å². The molecule has 3 heterocycles. The molecule has 6 nitrogen and oxygen atoms in total. The maximum Gasteiger partial charge on any atom is 0.290 e. The van der Waals surface area contributed by atoms with Gasteiger partial charge in [-0.1, -0.05) is 6.07 Å². The molecule has 0 spiro atoms. The summed E-state index contributed by atoms with van der Waals surface area (Å²) in [5.74, 6) is 1.39. The van der Waals surface area contributed by atoms with Crippen LogP contribution in [0.25, 0.3) is 0 Å². The van der Waals surface area contributed by atoms with Gasteiger partial charge in [-0.15, -0.1) is 0 Å². The number of morpholine rings is 1. The number of pyridine rings is 1. The second-order valence-electron chi connectivity index (χ2n) is 6.72. The van der Waals surface area contributed by atoms with Crippen LogP contribution in [0.1, 0.15) is 29.0 Å². The molecule has 1 saturated carbocycles. The van der Waals surface area contributed by atoms with Crippen LogP contribution in [0, 0.1) is 12.8 Å². The fraction of sp³-hybridized carbons (Fsp3) is 0.474. The highest BCUT2D eigenvalue weighted by Crippen LogP contribution is 2.35. The Morgan fingerprint density at radius 2 is 2.28 bits per heavy atom. The molecule has 0 aromatic carbocycles. The van der Waals surface area contributed by atoms with Crippen molar-refractivity contribution in [1.29, 1.82) is 0 Å². The number of fused-ring (bicyclic) bond motifs is 1. The molecule has 1 amide bonds. The Hall–Kier alpha value is -2.34. The lowest BCUT2D eigenvalue weighted by Crippen LogP contribution is -2.51. The monoisotopic (exact) mass is 342 g/mol. The van der Waals surface area contributed by atoms with E-state index in [9.17, 15) is 4.79 Å². The minimum atomic E-state index is -0.0351. The van der Waals surface area contributed by atoms with Gasteiger partial charge in [-0.2, -0.15) is 0 Å². The molecule has 0 bridgehead atoms. The Balaban J connectivity index is 1.42. The predicted molar refractivity (Wildman–Crippen MR) is 90.5 cm³/mol. The summed E-state index contributed by atoms with van der Waals surface area (Å²) in [5.41, 5.74) is 0.876. The van der Waals surface area contributed by atoms with Gasteiger partial charge in [0.15, 0.2) is 5.76 Å². The van der Waals surface area contributed by atoms with E-state index < -0.39 is 0 Å². The second kappa shape index (κ2) is 6.88. The number of carbonyl (C=O) groups is 1. The van der Waals surface area contributed by atoms with Crippen molar-refractivity contribution in [2.24, 2.45) is 5.92 Å². The van der Waals surface area contributed by atoms with Crippen molar-refractivity contribution >= 4 is 5.91 Å². The van der Waals surface area contributed by atoms with Crippen LogP contribution >= 0.6 is 0 Å². The highest BCUT2D eigenvalue weighted by molar-refractivity contribution is 5.93. The molecule has 132 valence electrons. The lowest BCUT2D eigenvalue weighted by Gasteiger charge is -2.37. The van der Waals surface area contributed by atoms with Gasteiger partial charge in [0.25, 0.3) is 5.91 Å². The first-order valence-electron chi connectivity index (χ1n) is 8.73. The zero-order valence-electron chi connectivity index (χ0n) is 14.3. The molecule has 2 aromatic rings. The van der Waals surface area contributed by atoms with E-state index >= 15 is 0 Å². The van der Waals surface area contributed by atoms with Gasteiger partial charge in [0.2, 0.25) is 5.88 Å². The van der Waals surface area contributed by atoms with Crippen molar-refractivity contribution in [2.75, 3.05) is 19.8 Å². The number of rotatable bonds is 4. The molecule has 6 heteroatoms. The van der Waals surface area contributed by atoms with E-state index in [1.54, 1.807) is 12.5 Å². The molecule has 4 rings (SSSR count). The maximum atomic E-state index is 12.8. The maximum absolute atomic E-state index is 12.8. The Morgan fingerprint density at radius 3 is 3.04 bits per heavy atom. The highest BCUT2D eigenvalue weighted by atomic mass is 16.5. The van der Waals surface area contributed by atoms with E-state index in [2.05, 4.69) is 4.98 Å². The summed E-state index contributed by atoms with van der Waals surface area (Å²) in [6.07, 6.45) is 5.14. The quantitative estimate of drug-likeness (QED) is 0.855. The fourth-order valence-corrected chi connectivity index (χ4v) is 3.80. The van der Waals surface area contributed by atoms with Crippen LogP contribution < -0.4 is 4.74 Å². The fourth-order valence-electron chi connectivity index (χ4n) is 3.80. The third-order valence-corrected chi connectivity index (χ3v) is 5.06. The molecule has 0 radical (unpaired) electrons. The van der Waals surface area contributed by atoms with Crippen LogP contribution in [0.5, 0.6) is 5.88 Å². The predicted octanol–water partition coefficient (Wildman–Crippen LogP) is 2.68. The largest absolute Gasteiger partial charge is 0.477 e. The summed E-state index contributed by atoms with van der Waals surface area (Å²) < 4.78 is 17.1. The number of nitrogens with zero attached hydrogens (tertiary/aromatic N) is 2. The lowest BCUT2D eigenvalue weighted by atomic mass is 10.1. The first kappa shape index (κ1) is 16.1. The van der Waals surface area contributed by atoms with E-state index in [1.165, 1.54) is 0 Å². The Labute approximate surface area is 146 Å².